The molecule has 1 amide bonds. The highest BCUT2D eigenvalue weighted by molar-refractivity contribution is 5.78. The Hall–Kier alpha value is -1.10. The zero-order valence-electron chi connectivity index (χ0n) is 11.7. The summed E-state index contributed by atoms with van der Waals surface area (Å²) in [4.78, 5) is 25.7. The summed E-state index contributed by atoms with van der Waals surface area (Å²) in [6.45, 7) is 2.76. The van der Waals surface area contributed by atoms with Crippen molar-refractivity contribution in [3.63, 3.8) is 0 Å². The summed E-state index contributed by atoms with van der Waals surface area (Å²) in [5, 5.41) is 3.29. The van der Waals surface area contributed by atoms with Gasteiger partial charge in [-0.25, -0.2) is 0 Å². The first-order valence-corrected chi connectivity index (χ1v) is 7.27. The Morgan fingerprint density at radius 1 is 1.26 bits per heavy atom. The molecule has 2 unspecified atom stereocenters. The van der Waals surface area contributed by atoms with Crippen molar-refractivity contribution in [1.82, 2.24) is 10.2 Å². The molecule has 2 atom stereocenters. The molecule has 2 aliphatic heterocycles. The van der Waals surface area contributed by atoms with Gasteiger partial charge in [-0.3, -0.25) is 9.59 Å². The van der Waals surface area contributed by atoms with Gasteiger partial charge in [0.15, 0.2) is 0 Å². The van der Waals surface area contributed by atoms with Crippen molar-refractivity contribution in [1.29, 1.82) is 0 Å². The maximum Gasteiger partial charge on any atom is 0.307 e. The zero-order valence-corrected chi connectivity index (χ0v) is 11.7. The normalized spacial score (nSPS) is 27.3. The summed E-state index contributed by atoms with van der Waals surface area (Å²) in [5.41, 5.74) is 0. The molecule has 2 rings (SSSR count). The zero-order chi connectivity index (χ0) is 13.7. The minimum Gasteiger partial charge on any atom is -0.469 e. The molecule has 0 spiro atoms. The van der Waals surface area contributed by atoms with Gasteiger partial charge >= 0.3 is 5.97 Å². The SMILES string of the molecule is COC(=O)CC1CCCCN1C(=O)CC1CCNC1. The maximum atomic E-state index is 12.4. The number of methoxy groups -OCH3 is 1. The third-order valence-electron chi connectivity index (χ3n) is 4.20. The molecule has 0 bridgehead atoms. The third-order valence-corrected chi connectivity index (χ3v) is 4.20. The van der Waals surface area contributed by atoms with E-state index in [0.29, 0.717) is 18.8 Å². The van der Waals surface area contributed by atoms with Crippen LogP contribution in [0.5, 0.6) is 0 Å². The predicted octanol–water partition coefficient (Wildman–Crippen LogP) is 0.930. The van der Waals surface area contributed by atoms with Crippen molar-refractivity contribution < 1.29 is 14.3 Å². The summed E-state index contributed by atoms with van der Waals surface area (Å²) in [7, 11) is 1.40. The van der Waals surface area contributed by atoms with Gasteiger partial charge in [0.1, 0.15) is 0 Å². The fourth-order valence-corrected chi connectivity index (χ4v) is 3.07. The molecule has 0 aromatic carbocycles. The largest absolute Gasteiger partial charge is 0.469 e. The fraction of sp³-hybridized carbons (Fsp3) is 0.857. The number of nitrogens with zero attached hydrogens (tertiary/aromatic N) is 1. The second-order valence-electron chi connectivity index (χ2n) is 5.58. The van der Waals surface area contributed by atoms with Gasteiger partial charge in [0.25, 0.3) is 0 Å². The lowest BCUT2D eigenvalue weighted by Crippen LogP contribution is -2.45. The van der Waals surface area contributed by atoms with Crippen LogP contribution in [-0.2, 0) is 14.3 Å². The average Bonchev–Trinajstić information content (AvgIpc) is 2.92. The second kappa shape index (κ2) is 6.89. The Kier molecular flexibility index (Phi) is 5.19. The number of piperidine rings is 1. The van der Waals surface area contributed by atoms with Gasteiger partial charge in [0.2, 0.25) is 5.91 Å². The lowest BCUT2D eigenvalue weighted by atomic mass is 9.97. The van der Waals surface area contributed by atoms with Crippen molar-refractivity contribution in [2.75, 3.05) is 26.7 Å². The van der Waals surface area contributed by atoms with Crippen LogP contribution in [0.4, 0.5) is 0 Å². The van der Waals surface area contributed by atoms with Crippen molar-refractivity contribution in [2.45, 2.75) is 44.6 Å². The number of carbonyl (C=O) groups is 2. The Balaban J connectivity index is 1.89. The van der Waals surface area contributed by atoms with Crippen LogP contribution in [0.3, 0.4) is 0 Å². The van der Waals surface area contributed by atoms with Crippen LogP contribution >= 0.6 is 0 Å². The summed E-state index contributed by atoms with van der Waals surface area (Å²) in [6.07, 6.45) is 5.10. The number of esters is 1. The van der Waals surface area contributed by atoms with Gasteiger partial charge in [-0.05, 0) is 44.7 Å². The number of likely N-dealkylation sites (tertiary alicyclic amines) is 1. The smallest absolute Gasteiger partial charge is 0.307 e. The summed E-state index contributed by atoms with van der Waals surface area (Å²) in [5.74, 6) is 0.461. The molecule has 108 valence electrons. The van der Waals surface area contributed by atoms with E-state index in [1.54, 1.807) is 0 Å². The van der Waals surface area contributed by atoms with Gasteiger partial charge in [-0.1, -0.05) is 0 Å². The van der Waals surface area contributed by atoms with E-state index in [1.165, 1.54) is 7.11 Å². The van der Waals surface area contributed by atoms with Crippen LogP contribution in [0.25, 0.3) is 0 Å². The molecule has 0 saturated carbocycles. The number of ether oxygens (including phenoxy) is 1. The van der Waals surface area contributed by atoms with Crippen LogP contribution in [-0.4, -0.2) is 49.6 Å². The molecule has 0 aliphatic carbocycles. The molecule has 0 aromatic rings. The van der Waals surface area contributed by atoms with E-state index in [2.05, 4.69) is 5.32 Å². The Labute approximate surface area is 114 Å². The van der Waals surface area contributed by atoms with E-state index in [4.69, 9.17) is 4.74 Å². The van der Waals surface area contributed by atoms with Crippen molar-refractivity contribution in [2.24, 2.45) is 5.92 Å². The van der Waals surface area contributed by atoms with E-state index in [1.807, 2.05) is 4.90 Å². The molecule has 19 heavy (non-hydrogen) atoms. The maximum absolute atomic E-state index is 12.4. The van der Waals surface area contributed by atoms with Gasteiger partial charge in [-0.2, -0.15) is 0 Å². The molecule has 5 heteroatoms. The van der Waals surface area contributed by atoms with Gasteiger partial charge in [-0.15, -0.1) is 0 Å². The number of amides is 1. The average molecular weight is 268 g/mol. The standard InChI is InChI=1S/C14H24N2O3/c1-19-14(18)9-12-4-2-3-7-16(12)13(17)8-11-5-6-15-10-11/h11-12,15H,2-10H2,1H3. The monoisotopic (exact) mass is 268 g/mol. The third kappa shape index (κ3) is 3.93. The topological polar surface area (TPSA) is 58.6 Å². The van der Waals surface area contributed by atoms with E-state index in [0.717, 1.165) is 45.3 Å². The van der Waals surface area contributed by atoms with Gasteiger partial charge < -0.3 is 15.0 Å². The first-order chi connectivity index (χ1) is 9.20. The van der Waals surface area contributed by atoms with Crippen molar-refractivity contribution in [3.05, 3.63) is 0 Å². The molecule has 2 heterocycles. The molecule has 0 radical (unpaired) electrons. The Morgan fingerprint density at radius 2 is 2.11 bits per heavy atom. The minimum absolute atomic E-state index is 0.0445. The van der Waals surface area contributed by atoms with Gasteiger partial charge in [0.05, 0.1) is 13.5 Å². The van der Waals surface area contributed by atoms with Crippen LogP contribution in [0, 0.1) is 5.92 Å². The van der Waals surface area contributed by atoms with E-state index in [9.17, 15) is 9.59 Å². The van der Waals surface area contributed by atoms with E-state index in [-0.39, 0.29) is 17.9 Å². The molecule has 0 aromatic heterocycles. The fourth-order valence-electron chi connectivity index (χ4n) is 3.07. The lowest BCUT2D eigenvalue weighted by Gasteiger charge is -2.35. The first kappa shape index (κ1) is 14.3. The highest BCUT2D eigenvalue weighted by Crippen LogP contribution is 2.23. The van der Waals surface area contributed by atoms with Crippen LogP contribution in [0.2, 0.25) is 0 Å². The van der Waals surface area contributed by atoms with Gasteiger partial charge in [0, 0.05) is 19.0 Å². The molecular formula is C14H24N2O3. The van der Waals surface area contributed by atoms with E-state index >= 15 is 0 Å². The molecule has 2 fully saturated rings. The summed E-state index contributed by atoms with van der Waals surface area (Å²) < 4.78 is 4.73. The number of nitrogens with one attached hydrogen (secondary N) is 1. The number of rotatable bonds is 4. The first-order valence-electron chi connectivity index (χ1n) is 7.27. The second-order valence-corrected chi connectivity index (χ2v) is 5.58. The quantitative estimate of drug-likeness (QED) is 0.771. The predicted molar refractivity (Wildman–Crippen MR) is 71.6 cm³/mol. The van der Waals surface area contributed by atoms with Crippen molar-refractivity contribution >= 4 is 11.9 Å². The molecule has 5 nitrogen and oxygen atoms in total. The number of hydrogen-bond donors (Lipinski definition) is 1. The summed E-state index contributed by atoms with van der Waals surface area (Å²) in [6, 6.07) is 0.0445. The van der Waals surface area contributed by atoms with Crippen LogP contribution in [0.15, 0.2) is 0 Å². The van der Waals surface area contributed by atoms with Crippen molar-refractivity contribution in [3.8, 4) is 0 Å². The Morgan fingerprint density at radius 3 is 2.79 bits per heavy atom. The lowest BCUT2D eigenvalue weighted by molar-refractivity contribution is -0.144. The molecule has 2 saturated heterocycles. The molecule has 1 N–H and O–H groups in total. The highest BCUT2D eigenvalue weighted by Gasteiger charge is 2.30. The van der Waals surface area contributed by atoms with Crippen LogP contribution in [0.1, 0.15) is 38.5 Å². The van der Waals surface area contributed by atoms with E-state index < -0.39 is 0 Å². The number of carbonyl (C=O) groups excluding carboxylic acids is 2. The number of hydrogen-bond acceptors (Lipinski definition) is 4. The van der Waals surface area contributed by atoms with Crippen LogP contribution < -0.4 is 5.32 Å². The molecular weight excluding hydrogens is 244 g/mol. The highest BCUT2D eigenvalue weighted by atomic mass is 16.5. The molecule has 2 aliphatic rings. The summed E-state index contributed by atoms with van der Waals surface area (Å²) >= 11 is 0. The Bertz CT molecular complexity index is 327. The minimum atomic E-state index is -0.216.